The second-order valence-corrected chi connectivity index (χ2v) is 4.10. The molecule has 0 heterocycles. The largest absolute Gasteiger partial charge is 0.395 e. The van der Waals surface area contributed by atoms with Crippen molar-refractivity contribution in [2.75, 3.05) is 6.61 Å². The first-order valence-corrected chi connectivity index (χ1v) is 4.41. The van der Waals surface area contributed by atoms with Gasteiger partial charge in [-0.25, -0.2) is 4.39 Å². The standard InChI is InChI=1S/C10H12ClFO/c1-10(2,6-13)8-4-3-7(11)5-9(8)12/h3-5,13H,6H2,1-2H3. The maximum absolute atomic E-state index is 13.3. The van der Waals surface area contributed by atoms with Gasteiger partial charge in [0.05, 0.1) is 6.61 Å². The lowest BCUT2D eigenvalue weighted by molar-refractivity contribution is 0.215. The van der Waals surface area contributed by atoms with Crippen LogP contribution in [-0.4, -0.2) is 11.7 Å². The molecule has 1 nitrogen and oxygen atoms in total. The molecule has 0 aliphatic heterocycles. The molecular weight excluding hydrogens is 191 g/mol. The fourth-order valence-electron chi connectivity index (χ4n) is 1.12. The Morgan fingerprint density at radius 2 is 2.08 bits per heavy atom. The monoisotopic (exact) mass is 202 g/mol. The minimum Gasteiger partial charge on any atom is -0.395 e. The summed E-state index contributed by atoms with van der Waals surface area (Å²) in [5.41, 5.74) is -0.0753. The van der Waals surface area contributed by atoms with Crippen LogP contribution in [0.2, 0.25) is 5.02 Å². The molecule has 1 aromatic carbocycles. The summed E-state index contributed by atoms with van der Waals surface area (Å²) >= 11 is 5.61. The molecule has 72 valence electrons. The van der Waals surface area contributed by atoms with Gasteiger partial charge in [-0.05, 0) is 17.7 Å². The molecule has 0 bridgehead atoms. The minimum atomic E-state index is -0.561. The van der Waals surface area contributed by atoms with Gasteiger partial charge < -0.3 is 5.11 Å². The molecule has 0 aromatic heterocycles. The first-order valence-electron chi connectivity index (χ1n) is 4.04. The number of aliphatic hydroxyl groups excluding tert-OH is 1. The topological polar surface area (TPSA) is 20.2 Å². The Morgan fingerprint density at radius 3 is 2.54 bits per heavy atom. The van der Waals surface area contributed by atoms with Gasteiger partial charge in [-0.3, -0.25) is 0 Å². The zero-order chi connectivity index (χ0) is 10.1. The molecule has 3 heteroatoms. The summed E-state index contributed by atoms with van der Waals surface area (Å²) in [5, 5.41) is 9.41. The van der Waals surface area contributed by atoms with Crippen LogP contribution < -0.4 is 0 Å². The lowest BCUT2D eigenvalue weighted by atomic mass is 9.85. The summed E-state index contributed by atoms with van der Waals surface area (Å²) in [5.74, 6) is -0.369. The van der Waals surface area contributed by atoms with Crippen molar-refractivity contribution in [3.63, 3.8) is 0 Å². The lowest BCUT2D eigenvalue weighted by Crippen LogP contribution is -2.23. The van der Waals surface area contributed by atoms with Gasteiger partial charge in [0.1, 0.15) is 5.82 Å². The summed E-state index contributed by atoms with van der Waals surface area (Å²) in [6, 6.07) is 4.49. The molecule has 0 saturated carbocycles. The molecule has 0 spiro atoms. The van der Waals surface area contributed by atoms with E-state index in [1.54, 1.807) is 26.0 Å². The van der Waals surface area contributed by atoms with Crippen molar-refractivity contribution in [3.05, 3.63) is 34.6 Å². The summed E-state index contributed by atoms with van der Waals surface area (Å²) in [6.07, 6.45) is 0. The van der Waals surface area contributed by atoms with E-state index in [1.165, 1.54) is 6.07 Å². The molecule has 0 atom stereocenters. The molecule has 0 fully saturated rings. The quantitative estimate of drug-likeness (QED) is 0.782. The Bertz CT molecular complexity index is 310. The average Bonchev–Trinajstić information content (AvgIpc) is 2.03. The minimum absolute atomic E-state index is 0.0917. The van der Waals surface area contributed by atoms with E-state index in [9.17, 15) is 4.39 Å². The Morgan fingerprint density at radius 1 is 1.46 bits per heavy atom. The highest BCUT2D eigenvalue weighted by atomic mass is 35.5. The van der Waals surface area contributed by atoms with Crippen LogP contribution in [0.3, 0.4) is 0 Å². The molecule has 0 aliphatic carbocycles. The van der Waals surface area contributed by atoms with Gasteiger partial charge in [-0.15, -0.1) is 0 Å². The normalized spacial score (nSPS) is 11.8. The van der Waals surface area contributed by atoms with E-state index in [4.69, 9.17) is 16.7 Å². The molecule has 0 amide bonds. The predicted molar refractivity (Wildman–Crippen MR) is 51.5 cm³/mol. The van der Waals surface area contributed by atoms with Crippen LogP contribution in [-0.2, 0) is 5.41 Å². The molecule has 0 saturated heterocycles. The molecular formula is C10H12ClFO. The van der Waals surface area contributed by atoms with Crippen LogP contribution in [0.15, 0.2) is 18.2 Å². The van der Waals surface area contributed by atoms with Crippen molar-refractivity contribution in [2.24, 2.45) is 0 Å². The van der Waals surface area contributed by atoms with Crippen molar-refractivity contribution in [3.8, 4) is 0 Å². The maximum Gasteiger partial charge on any atom is 0.128 e. The molecule has 1 rings (SSSR count). The molecule has 0 aliphatic rings. The number of benzene rings is 1. The summed E-state index contributed by atoms with van der Waals surface area (Å²) in [4.78, 5) is 0. The fraction of sp³-hybridized carbons (Fsp3) is 0.400. The smallest absolute Gasteiger partial charge is 0.128 e. The van der Waals surface area contributed by atoms with Gasteiger partial charge in [0.15, 0.2) is 0 Å². The third-order valence-corrected chi connectivity index (χ3v) is 2.29. The van der Waals surface area contributed by atoms with Crippen LogP contribution in [0.25, 0.3) is 0 Å². The van der Waals surface area contributed by atoms with E-state index in [-0.39, 0.29) is 12.4 Å². The maximum atomic E-state index is 13.3. The number of rotatable bonds is 2. The van der Waals surface area contributed by atoms with Gasteiger partial charge in [0.25, 0.3) is 0 Å². The lowest BCUT2D eigenvalue weighted by Gasteiger charge is -2.22. The number of halogens is 2. The first-order chi connectivity index (χ1) is 5.97. The average molecular weight is 203 g/mol. The van der Waals surface area contributed by atoms with E-state index in [2.05, 4.69) is 0 Å². The van der Waals surface area contributed by atoms with Crippen molar-refractivity contribution in [1.29, 1.82) is 0 Å². The summed E-state index contributed by atoms with van der Waals surface area (Å²) in [7, 11) is 0. The van der Waals surface area contributed by atoms with Crippen LogP contribution in [0, 0.1) is 5.82 Å². The fourth-order valence-corrected chi connectivity index (χ4v) is 1.28. The van der Waals surface area contributed by atoms with Gasteiger partial charge >= 0.3 is 0 Å². The van der Waals surface area contributed by atoms with E-state index in [0.29, 0.717) is 10.6 Å². The Balaban J connectivity index is 3.16. The van der Waals surface area contributed by atoms with Gasteiger partial charge in [-0.2, -0.15) is 0 Å². The number of hydrogen-bond donors (Lipinski definition) is 1. The third-order valence-electron chi connectivity index (χ3n) is 2.06. The third kappa shape index (κ3) is 2.20. The van der Waals surface area contributed by atoms with E-state index in [0.717, 1.165) is 0 Å². The highest BCUT2D eigenvalue weighted by Crippen LogP contribution is 2.26. The summed E-state index contributed by atoms with van der Waals surface area (Å²) in [6.45, 7) is 3.46. The second kappa shape index (κ2) is 3.64. The zero-order valence-corrected chi connectivity index (χ0v) is 8.40. The molecule has 0 unspecified atom stereocenters. The van der Waals surface area contributed by atoms with E-state index >= 15 is 0 Å². The molecule has 1 aromatic rings. The number of aliphatic hydroxyl groups is 1. The van der Waals surface area contributed by atoms with Crippen molar-refractivity contribution < 1.29 is 9.50 Å². The van der Waals surface area contributed by atoms with Gasteiger partial charge in [0.2, 0.25) is 0 Å². The van der Waals surface area contributed by atoms with E-state index < -0.39 is 5.41 Å². The Kier molecular flexibility index (Phi) is 2.94. The highest BCUT2D eigenvalue weighted by Gasteiger charge is 2.22. The second-order valence-electron chi connectivity index (χ2n) is 3.67. The predicted octanol–water partition coefficient (Wildman–Crippen LogP) is 2.75. The highest BCUT2D eigenvalue weighted by molar-refractivity contribution is 6.30. The Labute approximate surface area is 82.2 Å². The summed E-state index contributed by atoms with van der Waals surface area (Å²) < 4.78 is 13.3. The molecule has 0 radical (unpaired) electrons. The van der Waals surface area contributed by atoms with Crippen molar-refractivity contribution in [2.45, 2.75) is 19.3 Å². The molecule has 1 N–H and O–H groups in total. The SMILES string of the molecule is CC(C)(CO)c1ccc(Cl)cc1F. The molecule has 13 heavy (non-hydrogen) atoms. The Hall–Kier alpha value is -0.600. The van der Waals surface area contributed by atoms with Crippen molar-refractivity contribution in [1.82, 2.24) is 0 Å². The van der Waals surface area contributed by atoms with Gasteiger partial charge in [0, 0.05) is 10.4 Å². The number of hydrogen-bond acceptors (Lipinski definition) is 1. The van der Waals surface area contributed by atoms with Crippen LogP contribution in [0.4, 0.5) is 4.39 Å². The van der Waals surface area contributed by atoms with E-state index in [1.807, 2.05) is 0 Å². The van der Waals surface area contributed by atoms with Gasteiger partial charge in [-0.1, -0.05) is 31.5 Å². The van der Waals surface area contributed by atoms with Crippen LogP contribution >= 0.6 is 11.6 Å². The van der Waals surface area contributed by atoms with Crippen LogP contribution in [0.5, 0.6) is 0 Å². The zero-order valence-electron chi connectivity index (χ0n) is 7.64. The van der Waals surface area contributed by atoms with Crippen molar-refractivity contribution >= 4 is 11.6 Å². The first kappa shape index (κ1) is 10.5. The van der Waals surface area contributed by atoms with Crippen LogP contribution in [0.1, 0.15) is 19.4 Å².